The lowest BCUT2D eigenvalue weighted by Crippen LogP contribution is -2.29. The maximum atomic E-state index is 12.5. The number of nitrogens with one attached hydrogen (secondary N) is 1. The number of amides is 1. The van der Waals surface area contributed by atoms with Crippen LogP contribution in [0.2, 0.25) is 0 Å². The van der Waals surface area contributed by atoms with E-state index in [1.807, 2.05) is 6.92 Å². The van der Waals surface area contributed by atoms with Crippen molar-refractivity contribution in [1.82, 2.24) is 20.3 Å². The second-order valence-corrected chi connectivity index (χ2v) is 6.85. The van der Waals surface area contributed by atoms with Gasteiger partial charge in [-0.3, -0.25) is 4.79 Å². The monoisotopic (exact) mass is 394 g/mol. The van der Waals surface area contributed by atoms with Crippen LogP contribution in [0.3, 0.4) is 0 Å². The van der Waals surface area contributed by atoms with E-state index in [1.165, 1.54) is 5.56 Å². The number of ether oxygens (including phenoxy) is 1. The maximum Gasteiger partial charge on any atom is 0.273 e. The predicted molar refractivity (Wildman–Crippen MR) is 110 cm³/mol. The average Bonchev–Trinajstić information content (AvgIpc) is 3.12. The van der Waals surface area contributed by atoms with E-state index in [2.05, 4.69) is 46.8 Å². The first-order valence-electron chi connectivity index (χ1n) is 9.60. The summed E-state index contributed by atoms with van der Waals surface area (Å²) in [5.41, 5.74) is 4.01. The zero-order valence-corrected chi connectivity index (χ0v) is 16.9. The van der Waals surface area contributed by atoms with E-state index in [1.54, 1.807) is 36.1 Å². The molecule has 0 aliphatic heterocycles. The van der Waals surface area contributed by atoms with Crippen molar-refractivity contribution in [2.75, 3.05) is 13.7 Å². The average molecular weight is 394 g/mol. The summed E-state index contributed by atoms with van der Waals surface area (Å²) in [5.74, 6) is 0.351. The van der Waals surface area contributed by atoms with Gasteiger partial charge < -0.3 is 15.2 Å². The molecule has 3 rings (SSSR count). The molecule has 3 aromatic rings. The van der Waals surface area contributed by atoms with E-state index >= 15 is 0 Å². The highest BCUT2D eigenvalue weighted by molar-refractivity contribution is 5.93. The molecule has 152 valence electrons. The second kappa shape index (κ2) is 9.34. The lowest BCUT2D eigenvalue weighted by atomic mass is 10.1. The molecule has 1 aromatic heterocycles. The van der Waals surface area contributed by atoms with Crippen LogP contribution in [0.15, 0.2) is 48.5 Å². The van der Waals surface area contributed by atoms with Crippen LogP contribution in [-0.2, 0) is 13.0 Å². The van der Waals surface area contributed by atoms with Gasteiger partial charge in [-0.1, -0.05) is 48.5 Å². The molecule has 2 aromatic carbocycles. The smallest absolute Gasteiger partial charge is 0.273 e. The van der Waals surface area contributed by atoms with Crippen molar-refractivity contribution in [3.8, 4) is 5.75 Å². The van der Waals surface area contributed by atoms with Crippen LogP contribution in [0.5, 0.6) is 5.75 Å². The summed E-state index contributed by atoms with van der Waals surface area (Å²) >= 11 is 0. The van der Waals surface area contributed by atoms with Gasteiger partial charge in [-0.15, -0.1) is 5.10 Å². The molecule has 7 heteroatoms. The first-order valence-corrected chi connectivity index (χ1v) is 9.60. The number of aliphatic hydroxyl groups excluding tert-OH is 1. The number of carbonyl (C=O) groups excluding carboxylic acids is 1. The molecule has 0 radical (unpaired) electrons. The number of benzene rings is 2. The molecule has 0 unspecified atom stereocenters. The quantitative estimate of drug-likeness (QED) is 0.613. The van der Waals surface area contributed by atoms with Crippen molar-refractivity contribution in [2.24, 2.45) is 0 Å². The highest BCUT2D eigenvalue weighted by atomic mass is 16.5. The Morgan fingerprint density at radius 1 is 1.14 bits per heavy atom. The molecule has 0 aliphatic rings. The summed E-state index contributed by atoms with van der Waals surface area (Å²) in [4.78, 5) is 12.5. The fourth-order valence-corrected chi connectivity index (χ4v) is 2.99. The molecule has 2 N–H and O–H groups in total. The van der Waals surface area contributed by atoms with E-state index in [4.69, 9.17) is 4.74 Å². The first-order chi connectivity index (χ1) is 14.0. The summed E-state index contributed by atoms with van der Waals surface area (Å²) in [5, 5.41) is 21.1. The minimum atomic E-state index is -0.822. The molecule has 0 saturated carbocycles. The molecular weight excluding hydrogens is 368 g/mol. The Kier molecular flexibility index (Phi) is 6.61. The number of hydrogen-bond acceptors (Lipinski definition) is 5. The lowest BCUT2D eigenvalue weighted by molar-refractivity contribution is 0.0910. The molecule has 1 amide bonds. The molecule has 7 nitrogen and oxygen atoms in total. The third kappa shape index (κ3) is 5.00. The molecule has 0 spiro atoms. The van der Waals surface area contributed by atoms with E-state index < -0.39 is 6.10 Å². The largest absolute Gasteiger partial charge is 0.497 e. The van der Waals surface area contributed by atoms with Crippen molar-refractivity contribution in [2.45, 2.75) is 32.9 Å². The van der Waals surface area contributed by atoms with Crippen LogP contribution >= 0.6 is 0 Å². The van der Waals surface area contributed by atoms with Crippen LogP contribution in [0.25, 0.3) is 0 Å². The van der Waals surface area contributed by atoms with Crippen LogP contribution in [0.4, 0.5) is 0 Å². The number of rotatable bonds is 8. The molecular formula is C22H26N4O3. The van der Waals surface area contributed by atoms with Gasteiger partial charge in [0.1, 0.15) is 5.75 Å². The highest BCUT2D eigenvalue weighted by Crippen LogP contribution is 2.17. The SMILES string of the molecule is CCc1ccc(Cn2nnc(C(=O)NC[C@@H](O)c3ccc(OC)cc3)c2C)cc1. The van der Waals surface area contributed by atoms with Gasteiger partial charge in [0.25, 0.3) is 5.91 Å². The minimum Gasteiger partial charge on any atom is -0.497 e. The third-order valence-corrected chi connectivity index (χ3v) is 4.92. The standard InChI is InChI=1S/C22H26N4O3/c1-4-16-5-7-17(8-6-16)14-26-15(2)21(24-25-26)22(28)23-13-20(27)18-9-11-19(29-3)12-10-18/h5-12,20,27H,4,13-14H2,1-3H3,(H,23,28)/t20-/m1/s1. The Labute approximate surface area is 170 Å². The number of carbonyl (C=O) groups is 1. The van der Waals surface area contributed by atoms with Crippen LogP contribution < -0.4 is 10.1 Å². The number of methoxy groups -OCH3 is 1. The number of aryl methyl sites for hydroxylation is 1. The molecule has 0 fully saturated rings. The summed E-state index contributed by atoms with van der Waals surface area (Å²) in [7, 11) is 1.58. The Morgan fingerprint density at radius 2 is 1.79 bits per heavy atom. The zero-order chi connectivity index (χ0) is 20.8. The Hall–Kier alpha value is -3.19. The maximum absolute atomic E-state index is 12.5. The molecule has 0 bridgehead atoms. The van der Waals surface area contributed by atoms with Crippen molar-refractivity contribution in [3.05, 3.63) is 76.6 Å². The Balaban J connectivity index is 1.60. The Morgan fingerprint density at radius 3 is 2.41 bits per heavy atom. The van der Waals surface area contributed by atoms with Crippen LogP contribution in [-0.4, -0.2) is 39.7 Å². The van der Waals surface area contributed by atoms with E-state index in [9.17, 15) is 9.90 Å². The zero-order valence-electron chi connectivity index (χ0n) is 16.9. The molecule has 1 heterocycles. The number of aromatic nitrogens is 3. The van der Waals surface area contributed by atoms with E-state index in [0.717, 1.165) is 12.0 Å². The van der Waals surface area contributed by atoms with Gasteiger partial charge in [0.15, 0.2) is 5.69 Å². The molecule has 1 atom stereocenters. The Bertz CT molecular complexity index is 949. The van der Waals surface area contributed by atoms with Gasteiger partial charge in [0, 0.05) is 6.54 Å². The van der Waals surface area contributed by atoms with E-state index in [-0.39, 0.29) is 18.1 Å². The number of aliphatic hydroxyl groups is 1. The van der Waals surface area contributed by atoms with Crippen molar-refractivity contribution < 1.29 is 14.6 Å². The minimum absolute atomic E-state index is 0.0793. The summed E-state index contributed by atoms with van der Waals surface area (Å²) in [6.07, 6.45) is 0.173. The third-order valence-electron chi connectivity index (χ3n) is 4.92. The molecule has 29 heavy (non-hydrogen) atoms. The van der Waals surface area contributed by atoms with Gasteiger partial charge in [-0.2, -0.15) is 0 Å². The summed E-state index contributed by atoms with van der Waals surface area (Å²) in [6.45, 7) is 4.56. The van der Waals surface area contributed by atoms with Gasteiger partial charge >= 0.3 is 0 Å². The van der Waals surface area contributed by atoms with Crippen LogP contribution in [0, 0.1) is 6.92 Å². The van der Waals surface area contributed by atoms with Crippen molar-refractivity contribution in [1.29, 1.82) is 0 Å². The normalized spacial score (nSPS) is 11.9. The van der Waals surface area contributed by atoms with Crippen molar-refractivity contribution >= 4 is 5.91 Å². The van der Waals surface area contributed by atoms with E-state index in [0.29, 0.717) is 23.6 Å². The van der Waals surface area contributed by atoms with Crippen LogP contribution in [0.1, 0.15) is 45.9 Å². The lowest BCUT2D eigenvalue weighted by Gasteiger charge is -2.12. The molecule has 0 saturated heterocycles. The number of nitrogens with zero attached hydrogens (tertiary/aromatic N) is 3. The summed E-state index contributed by atoms with van der Waals surface area (Å²) in [6, 6.07) is 15.4. The van der Waals surface area contributed by atoms with Gasteiger partial charge in [0.2, 0.25) is 0 Å². The molecule has 0 aliphatic carbocycles. The van der Waals surface area contributed by atoms with Crippen molar-refractivity contribution in [3.63, 3.8) is 0 Å². The fourth-order valence-electron chi connectivity index (χ4n) is 2.99. The van der Waals surface area contributed by atoms with Gasteiger partial charge in [-0.25, -0.2) is 4.68 Å². The summed E-state index contributed by atoms with van der Waals surface area (Å²) < 4.78 is 6.81. The second-order valence-electron chi connectivity index (χ2n) is 6.85. The predicted octanol–water partition coefficient (Wildman–Crippen LogP) is 2.67. The number of hydrogen-bond donors (Lipinski definition) is 2. The highest BCUT2D eigenvalue weighted by Gasteiger charge is 2.18. The first kappa shape index (κ1) is 20.5. The van der Waals surface area contributed by atoms with Gasteiger partial charge in [-0.05, 0) is 42.2 Å². The topological polar surface area (TPSA) is 89.3 Å². The fraction of sp³-hybridized carbons (Fsp3) is 0.318. The van der Waals surface area contributed by atoms with Gasteiger partial charge in [0.05, 0.1) is 25.5 Å².